The quantitative estimate of drug-likeness (QED) is 0.457. The Balaban J connectivity index is 0.000000327. The maximum Gasteiger partial charge on any atom is 0.338 e. The van der Waals surface area contributed by atoms with Gasteiger partial charge in [-0.3, -0.25) is 0 Å². The van der Waals surface area contributed by atoms with Crippen LogP contribution in [-0.4, -0.2) is 45.9 Å². The number of carbonyl (C=O) groups is 2. The molecule has 9 heteroatoms. The summed E-state index contributed by atoms with van der Waals surface area (Å²) in [6, 6.07) is 6.66. The van der Waals surface area contributed by atoms with Crippen LogP contribution >= 0.6 is 23.2 Å². The van der Waals surface area contributed by atoms with Crippen molar-refractivity contribution in [3.63, 3.8) is 0 Å². The molecule has 0 aliphatic heterocycles. The molecule has 0 saturated heterocycles. The first-order valence-corrected chi connectivity index (χ1v) is 10.1. The molecule has 0 aromatic heterocycles. The van der Waals surface area contributed by atoms with Crippen LogP contribution in [0.5, 0.6) is 0 Å². The third-order valence-electron chi connectivity index (χ3n) is 4.41. The lowest BCUT2D eigenvalue weighted by Gasteiger charge is -2.18. The van der Waals surface area contributed by atoms with E-state index in [-0.39, 0.29) is 6.04 Å². The number of halogens is 2. The van der Waals surface area contributed by atoms with Crippen molar-refractivity contribution < 1.29 is 23.8 Å². The SMILES string of the molecule is COC(=O)c1cc(Cl)cc(N)c1C.COCC(C)Nc1cc(Cl)cc(C(=O)OC)c1C. The summed E-state index contributed by atoms with van der Waals surface area (Å²) in [6.45, 7) is 6.16. The number of nitrogens with one attached hydrogen (secondary N) is 1. The lowest BCUT2D eigenvalue weighted by molar-refractivity contribution is 0.0591. The smallest absolute Gasteiger partial charge is 0.338 e. The molecule has 7 nitrogen and oxygen atoms in total. The summed E-state index contributed by atoms with van der Waals surface area (Å²) in [4.78, 5) is 22.8. The Bertz CT molecular complexity index is 935. The third-order valence-corrected chi connectivity index (χ3v) is 4.85. The standard InChI is InChI=1S/C13H18ClNO3.C9H10ClNO2/c1-8(7-17-3)15-12-6-10(14)5-11(9(12)2)13(16)18-4;1-5-7(9(12)13-2)3-6(10)4-8(5)11/h5-6,8,15H,7H2,1-4H3;3-4H,11H2,1-2H3. The van der Waals surface area contributed by atoms with Crippen LogP contribution in [-0.2, 0) is 14.2 Å². The van der Waals surface area contributed by atoms with Gasteiger partial charge in [0.05, 0.1) is 32.0 Å². The maximum absolute atomic E-state index is 11.6. The molecule has 3 N–H and O–H groups in total. The van der Waals surface area contributed by atoms with E-state index >= 15 is 0 Å². The Morgan fingerprint density at radius 1 is 0.935 bits per heavy atom. The number of carbonyl (C=O) groups excluding carboxylic acids is 2. The molecule has 0 bridgehead atoms. The second kappa shape index (κ2) is 12.4. The van der Waals surface area contributed by atoms with Gasteiger partial charge >= 0.3 is 11.9 Å². The molecule has 1 unspecified atom stereocenters. The molecule has 31 heavy (non-hydrogen) atoms. The number of anilines is 2. The number of methoxy groups -OCH3 is 3. The number of rotatable bonds is 6. The van der Waals surface area contributed by atoms with Gasteiger partial charge in [0.15, 0.2) is 0 Å². The zero-order valence-electron chi connectivity index (χ0n) is 18.5. The molecule has 0 heterocycles. The fraction of sp³-hybridized carbons (Fsp3) is 0.364. The maximum atomic E-state index is 11.6. The van der Waals surface area contributed by atoms with E-state index in [9.17, 15) is 9.59 Å². The number of esters is 2. The topological polar surface area (TPSA) is 99.9 Å². The molecule has 0 spiro atoms. The Hall–Kier alpha value is -2.48. The van der Waals surface area contributed by atoms with Crippen molar-refractivity contribution in [2.24, 2.45) is 0 Å². The van der Waals surface area contributed by atoms with Crippen LogP contribution < -0.4 is 11.1 Å². The van der Waals surface area contributed by atoms with Crippen molar-refractivity contribution in [3.8, 4) is 0 Å². The molecule has 0 amide bonds. The number of nitrogens with two attached hydrogens (primary N) is 1. The van der Waals surface area contributed by atoms with Crippen molar-refractivity contribution in [3.05, 3.63) is 56.6 Å². The van der Waals surface area contributed by atoms with Gasteiger partial charge in [-0.2, -0.15) is 0 Å². The van der Waals surface area contributed by atoms with Crippen molar-refractivity contribution in [2.45, 2.75) is 26.8 Å². The number of benzene rings is 2. The molecule has 0 saturated carbocycles. The van der Waals surface area contributed by atoms with E-state index in [0.29, 0.717) is 39.0 Å². The van der Waals surface area contributed by atoms with Crippen LogP contribution in [0, 0.1) is 13.8 Å². The van der Waals surface area contributed by atoms with Crippen LogP contribution in [0.15, 0.2) is 24.3 Å². The number of nitrogen functional groups attached to an aromatic ring is 1. The summed E-state index contributed by atoms with van der Waals surface area (Å²) in [5.41, 5.74) is 9.31. The van der Waals surface area contributed by atoms with Crippen molar-refractivity contribution in [2.75, 3.05) is 39.0 Å². The first-order valence-electron chi connectivity index (χ1n) is 9.33. The Morgan fingerprint density at radius 3 is 1.90 bits per heavy atom. The Labute approximate surface area is 192 Å². The Morgan fingerprint density at radius 2 is 1.42 bits per heavy atom. The number of ether oxygens (including phenoxy) is 3. The van der Waals surface area contributed by atoms with E-state index in [2.05, 4.69) is 10.1 Å². The van der Waals surface area contributed by atoms with E-state index in [1.165, 1.54) is 14.2 Å². The zero-order chi connectivity index (χ0) is 23.7. The van der Waals surface area contributed by atoms with Gasteiger partial charge in [0.25, 0.3) is 0 Å². The Kier molecular flexibility index (Phi) is 10.6. The predicted octanol–water partition coefficient (Wildman–Crippen LogP) is 4.90. The molecule has 0 radical (unpaired) electrons. The van der Waals surface area contributed by atoms with E-state index in [1.807, 2.05) is 13.8 Å². The highest BCUT2D eigenvalue weighted by Gasteiger charge is 2.15. The van der Waals surface area contributed by atoms with Gasteiger partial charge in [-0.25, -0.2) is 9.59 Å². The van der Waals surface area contributed by atoms with Crippen LogP contribution in [0.3, 0.4) is 0 Å². The normalized spacial score (nSPS) is 11.1. The van der Waals surface area contributed by atoms with Crippen molar-refractivity contribution >= 4 is 46.5 Å². The highest BCUT2D eigenvalue weighted by Crippen LogP contribution is 2.26. The molecule has 2 aromatic rings. The van der Waals surface area contributed by atoms with Crippen LogP contribution in [0.1, 0.15) is 38.8 Å². The third kappa shape index (κ3) is 7.61. The van der Waals surface area contributed by atoms with Crippen LogP contribution in [0.2, 0.25) is 10.0 Å². The second-order valence-corrected chi connectivity index (χ2v) is 7.65. The minimum atomic E-state index is -0.424. The molecular weight excluding hydrogens is 443 g/mol. The van der Waals surface area contributed by atoms with Gasteiger partial charge in [-0.1, -0.05) is 23.2 Å². The fourth-order valence-corrected chi connectivity index (χ4v) is 3.18. The molecule has 2 rings (SSSR count). The second-order valence-electron chi connectivity index (χ2n) is 6.78. The molecule has 2 aromatic carbocycles. The minimum Gasteiger partial charge on any atom is -0.465 e. The van der Waals surface area contributed by atoms with E-state index in [4.69, 9.17) is 38.4 Å². The summed E-state index contributed by atoms with van der Waals surface area (Å²) in [6.07, 6.45) is 0. The van der Waals surface area contributed by atoms with Crippen molar-refractivity contribution in [1.82, 2.24) is 0 Å². The lowest BCUT2D eigenvalue weighted by atomic mass is 10.1. The molecule has 0 aliphatic carbocycles. The van der Waals surface area contributed by atoms with Gasteiger partial charge in [0.2, 0.25) is 0 Å². The van der Waals surface area contributed by atoms with Crippen molar-refractivity contribution in [1.29, 1.82) is 0 Å². The lowest BCUT2D eigenvalue weighted by Crippen LogP contribution is -2.22. The summed E-state index contributed by atoms with van der Waals surface area (Å²) >= 11 is 11.7. The van der Waals surface area contributed by atoms with Gasteiger partial charge in [0, 0.05) is 34.6 Å². The number of hydrogen-bond acceptors (Lipinski definition) is 7. The van der Waals surface area contributed by atoms with Gasteiger partial charge in [-0.05, 0) is 56.2 Å². The predicted molar refractivity (Wildman–Crippen MR) is 124 cm³/mol. The number of hydrogen-bond donors (Lipinski definition) is 2. The molecule has 170 valence electrons. The molecule has 1 atom stereocenters. The summed E-state index contributed by atoms with van der Waals surface area (Å²) in [7, 11) is 4.31. The summed E-state index contributed by atoms with van der Waals surface area (Å²) in [5, 5.41) is 4.18. The van der Waals surface area contributed by atoms with E-state index < -0.39 is 11.9 Å². The molecule has 0 aliphatic rings. The first kappa shape index (κ1) is 26.6. The molecule has 0 fully saturated rings. The summed E-state index contributed by atoms with van der Waals surface area (Å²) in [5.74, 6) is -0.816. The van der Waals surface area contributed by atoms with Gasteiger partial charge < -0.3 is 25.3 Å². The highest BCUT2D eigenvalue weighted by molar-refractivity contribution is 6.31. The van der Waals surface area contributed by atoms with Gasteiger partial charge in [0.1, 0.15) is 0 Å². The minimum absolute atomic E-state index is 0.123. The average molecular weight is 471 g/mol. The first-order chi connectivity index (χ1) is 14.5. The highest BCUT2D eigenvalue weighted by atomic mass is 35.5. The fourth-order valence-electron chi connectivity index (χ4n) is 2.73. The average Bonchev–Trinajstić information content (AvgIpc) is 2.72. The molecular formula is C22H28Cl2N2O5. The van der Waals surface area contributed by atoms with E-state index in [0.717, 1.165) is 11.3 Å². The zero-order valence-corrected chi connectivity index (χ0v) is 20.0. The van der Waals surface area contributed by atoms with E-state index in [1.54, 1.807) is 38.3 Å². The van der Waals surface area contributed by atoms with Gasteiger partial charge in [-0.15, -0.1) is 0 Å². The van der Waals surface area contributed by atoms with Crippen LogP contribution in [0.4, 0.5) is 11.4 Å². The van der Waals surface area contributed by atoms with Crippen LogP contribution in [0.25, 0.3) is 0 Å². The summed E-state index contributed by atoms with van der Waals surface area (Å²) < 4.78 is 14.4. The monoisotopic (exact) mass is 470 g/mol. The largest absolute Gasteiger partial charge is 0.465 e.